The smallest absolute Gasteiger partial charge is 0.374 e. The molecule has 0 radical (unpaired) electrons. The Labute approximate surface area is 150 Å². The minimum Gasteiger partial charge on any atom is -0.374 e. The molecule has 1 unspecified atom stereocenters. The topological polar surface area (TPSA) is 9.23 Å². The molecule has 1 atom stereocenters. The van der Waals surface area contributed by atoms with Crippen molar-refractivity contribution in [1.29, 1.82) is 0 Å². The molecule has 0 aliphatic heterocycles. The molecule has 1 aromatic rings. The predicted octanol–water partition coefficient (Wildman–Crippen LogP) is 6.53. The molecule has 10 heteroatoms. The van der Waals surface area contributed by atoms with E-state index < -0.39 is 36.0 Å². The van der Waals surface area contributed by atoms with E-state index in [0.29, 0.717) is 5.56 Å². The standard InChI is InChI=1S/C17H19F9O/c1-10(2)11-6-5-7-12(8-11)13(3,27-4)9-14(18,19)15(20,21)16(22,23)17(24,25)26/h5-8,10H,9H2,1-4H3. The van der Waals surface area contributed by atoms with E-state index >= 15 is 0 Å². The molecule has 0 saturated carbocycles. The highest BCUT2D eigenvalue weighted by molar-refractivity contribution is 5.30. The molecule has 0 amide bonds. The lowest BCUT2D eigenvalue weighted by atomic mass is 9.84. The molecule has 0 fully saturated rings. The third kappa shape index (κ3) is 4.20. The second-order valence-corrected chi connectivity index (χ2v) is 6.74. The van der Waals surface area contributed by atoms with Crippen LogP contribution in [0.2, 0.25) is 0 Å². The molecule has 1 nitrogen and oxygen atoms in total. The highest BCUT2D eigenvalue weighted by atomic mass is 19.4. The molecule has 0 heterocycles. The van der Waals surface area contributed by atoms with Gasteiger partial charge < -0.3 is 4.74 Å². The Morgan fingerprint density at radius 2 is 1.41 bits per heavy atom. The van der Waals surface area contributed by atoms with Crippen LogP contribution in [-0.4, -0.2) is 31.1 Å². The summed E-state index contributed by atoms with van der Waals surface area (Å²) in [6.45, 7) is 4.44. The Kier molecular flexibility index (Phi) is 6.27. The molecule has 27 heavy (non-hydrogen) atoms. The minimum absolute atomic E-state index is 0.0537. The number of ether oxygens (including phenoxy) is 1. The van der Waals surface area contributed by atoms with Crippen LogP contribution in [0.5, 0.6) is 0 Å². The van der Waals surface area contributed by atoms with Crippen molar-refractivity contribution in [3.63, 3.8) is 0 Å². The maximum atomic E-state index is 14.0. The van der Waals surface area contributed by atoms with Crippen molar-refractivity contribution in [2.45, 2.75) is 62.7 Å². The number of halogens is 9. The van der Waals surface area contributed by atoms with Gasteiger partial charge in [-0.05, 0) is 24.0 Å². The number of hydrogen-bond acceptors (Lipinski definition) is 1. The third-order valence-electron chi connectivity index (χ3n) is 4.38. The molecule has 0 aliphatic rings. The highest BCUT2D eigenvalue weighted by Gasteiger charge is 2.82. The first-order valence-electron chi connectivity index (χ1n) is 7.79. The first kappa shape index (κ1) is 23.6. The van der Waals surface area contributed by atoms with E-state index in [1.165, 1.54) is 18.2 Å². The Morgan fingerprint density at radius 1 is 0.889 bits per heavy atom. The summed E-state index contributed by atoms with van der Waals surface area (Å²) < 4.78 is 123. The lowest BCUT2D eigenvalue weighted by Crippen LogP contribution is -2.62. The van der Waals surface area contributed by atoms with E-state index in [9.17, 15) is 39.5 Å². The van der Waals surface area contributed by atoms with Gasteiger partial charge in [0.2, 0.25) is 0 Å². The summed E-state index contributed by atoms with van der Waals surface area (Å²) in [6, 6.07) is 5.63. The molecule has 0 aliphatic carbocycles. The Bertz CT molecular complexity index is 652. The first-order chi connectivity index (χ1) is 11.9. The van der Waals surface area contributed by atoms with Gasteiger partial charge in [0.15, 0.2) is 0 Å². The first-order valence-corrected chi connectivity index (χ1v) is 7.79. The summed E-state index contributed by atoms with van der Waals surface area (Å²) in [6.07, 6.45) is -8.93. The van der Waals surface area contributed by atoms with Gasteiger partial charge >= 0.3 is 23.9 Å². The fourth-order valence-corrected chi connectivity index (χ4v) is 2.46. The van der Waals surface area contributed by atoms with E-state index in [2.05, 4.69) is 0 Å². The summed E-state index contributed by atoms with van der Waals surface area (Å²) in [7, 11) is 0.873. The average Bonchev–Trinajstić information content (AvgIpc) is 2.53. The van der Waals surface area contributed by atoms with Crippen LogP contribution < -0.4 is 0 Å². The van der Waals surface area contributed by atoms with Crippen molar-refractivity contribution in [3.05, 3.63) is 35.4 Å². The van der Waals surface area contributed by atoms with E-state index in [1.54, 1.807) is 19.9 Å². The second kappa shape index (κ2) is 7.18. The molecule has 0 N–H and O–H groups in total. The lowest BCUT2D eigenvalue weighted by Gasteiger charge is -2.38. The largest absolute Gasteiger partial charge is 0.460 e. The average molecular weight is 410 g/mol. The molecule has 0 aromatic heterocycles. The zero-order valence-electron chi connectivity index (χ0n) is 14.9. The zero-order valence-corrected chi connectivity index (χ0v) is 14.9. The molecular weight excluding hydrogens is 391 g/mol. The number of hydrogen-bond donors (Lipinski definition) is 0. The molecule has 0 bridgehead atoms. The van der Waals surface area contributed by atoms with Crippen molar-refractivity contribution in [2.24, 2.45) is 0 Å². The van der Waals surface area contributed by atoms with E-state index in [4.69, 9.17) is 4.74 Å². The number of alkyl halides is 9. The van der Waals surface area contributed by atoms with Crippen LogP contribution in [0.1, 0.15) is 44.2 Å². The molecule has 1 rings (SSSR count). The Balaban J connectivity index is 3.37. The van der Waals surface area contributed by atoms with Crippen molar-refractivity contribution in [3.8, 4) is 0 Å². The van der Waals surface area contributed by atoms with Crippen LogP contribution in [-0.2, 0) is 10.3 Å². The molecule has 156 valence electrons. The van der Waals surface area contributed by atoms with Gasteiger partial charge in [0.05, 0.1) is 12.0 Å². The van der Waals surface area contributed by atoms with Gasteiger partial charge in [-0.1, -0.05) is 38.1 Å². The maximum Gasteiger partial charge on any atom is 0.460 e. The van der Waals surface area contributed by atoms with Gasteiger partial charge in [-0.3, -0.25) is 0 Å². The fourth-order valence-electron chi connectivity index (χ4n) is 2.46. The zero-order chi connectivity index (χ0) is 21.5. The lowest BCUT2D eigenvalue weighted by molar-refractivity contribution is -0.400. The van der Waals surface area contributed by atoms with Gasteiger partial charge in [-0.25, -0.2) is 0 Å². The number of benzene rings is 1. The van der Waals surface area contributed by atoms with Crippen molar-refractivity contribution in [2.75, 3.05) is 7.11 Å². The van der Waals surface area contributed by atoms with Crippen LogP contribution in [0.25, 0.3) is 0 Å². The summed E-state index contributed by atoms with van der Waals surface area (Å²) in [5.41, 5.74) is -1.67. The van der Waals surface area contributed by atoms with Crippen molar-refractivity contribution < 1.29 is 44.3 Å². The third-order valence-corrected chi connectivity index (χ3v) is 4.38. The van der Waals surface area contributed by atoms with Crippen LogP contribution >= 0.6 is 0 Å². The van der Waals surface area contributed by atoms with Crippen LogP contribution in [0.15, 0.2) is 24.3 Å². The molecule has 0 saturated heterocycles. The fraction of sp³-hybridized carbons (Fsp3) is 0.647. The summed E-state index contributed by atoms with van der Waals surface area (Å²) in [5.74, 6) is -19.4. The van der Waals surface area contributed by atoms with Gasteiger partial charge in [-0.15, -0.1) is 0 Å². The van der Waals surface area contributed by atoms with Crippen molar-refractivity contribution >= 4 is 0 Å². The maximum absolute atomic E-state index is 14.0. The van der Waals surface area contributed by atoms with Crippen LogP contribution in [0.4, 0.5) is 39.5 Å². The number of methoxy groups -OCH3 is 1. The summed E-state index contributed by atoms with van der Waals surface area (Å²) in [4.78, 5) is 0. The summed E-state index contributed by atoms with van der Waals surface area (Å²) in [5, 5.41) is 0. The van der Waals surface area contributed by atoms with Gasteiger partial charge in [0.25, 0.3) is 0 Å². The Morgan fingerprint density at radius 3 is 1.81 bits per heavy atom. The van der Waals surface area contributed by atoms with E-state index in [0.717, 1.165) is 14.0 Å². The highest BCUT2D eigenvalue weighted by Crippen LogP contribution is 2.56. The van der Waals surface area contributed by atoms with Gasteiger partial charge in [0.1, 0.15) is 0 Å². The van der Waals surface area contributed by atoms with Crippen LogP contribution in [0.3, 0.4) is 0 Å². The Hall–Kier alpha value is -1.45. The summed E-state index contributed by atoms with van der Waals surface area (Å²) >= 11 is 0. The monoisotopic (exact) mass is 410 g/mol. The minimum atomic E-state index is -6.92. The van der Waals surface area contributed by atoms with Crippen LogP contribution in [0, 0.1) is 0 Å². The van der Waals surface area contributed by atoms with E-state index in [1.807, 2.05) is 0 Å². The quantitative estimate of drug-likeness (QED) is 0.465. The van der Waals surface area contributed by atoms with Crippen molar-refractivity contribution in [1.82, 2.24) is 0 Å². The molecular formula is C17H19F9O. The molecule has 1 aromatic carbocycles. The number of rotatable bonds is 7. The van der Waals surface area contributed by atoms with Gasteiger partial charge in [-0.2, -0.15) is 39.5 Å². The molecule has 0 spiro atoms. The normalized spacial score (nSPS) is 16.5. The predicted molar refractivity (Wildman–Crippen MR) is 80.4 cm³/mol. The SMILES string of the molecule is COC(C)(CC(F)(F)C(F)(F)C(F)(F)C(F)(F)F)c1cccc(C(C)C)c1. The van der Waals surface area contributed by atoms with E-state index in [-0.39, 0.29) is 11.5 Å². The van der Waals surface area contributed by atoms with Gasteiger partial charge in [0, 0.05) is 7.11 Å². The second-order valence-electron chi connectivity index (χ2n) is 6.74.